The maximum absolute atomic E-state index is 14.8. The molecule has 3 unspecified atom stereocenters. The van der Waals surface area contributed by atoms with E-state index >= 15 is 0 Å². The number of hydrogen-bond acceptors (Lipinski definition) is 6. The molecule has 5 rings (SSSR count). The molecule has 3 heterocycles. The number of carbonyl (C=O) groups excluding carboxylic acids is 3. The number of likely N-dealkylation sites (tertiary alicyclic amines) is 1. The molecule has 216 valence electrons. The van der Waals surface area contributed by atoms with Gasteiger partial charge in [0.2, 0.25) is 5.91 Å². The third-order valence-electron chi connectivity index (χ3n) is 9.00. The van der Waals surface area contributed by atoms with Gasteiger partial charge in [-0.15, -0.1) is 6.58 Å². The molecule has 1 spiro atoms. The van der Waals surface area contributed by atoms with Gasteiger partial charge in [-0.1, -0.05) is 79.7 Å². The summed E-state index contributed by atoms with van der Waals surface area (Å²) in [4.78, 5) is 45.8. The predicted molar refractivity (Wildman–Crippen MR) is 155 cm³/mol. The van der Waals surface area contributed by atoms with Crippen molar-refractivity contribution in [2.24, 2.45) is 17.8 Å². The summed E-state index contributed by atoms with van der Waals surface area (Å²) >= 11 is 6.55. The van der Waals surface area contributed by atoms with Gasteiger partial charge in [-0.25, -0.2) is 0 Å². The van der Waals surface area contributed by atoms with Crippen molar-refractivity contribution in [3.05, 3.63) is 90.5 Å². The Balaban J connectivity index is 1.70. The highest BCUT2D eigenvalue weighted by molar-refractivity contribution is 6.34. The second-order valence-electron chi connectivity index (χ2n) is 11.2. The minimum atomic E-state index is -1.33. The van der Waals surface area contributed by atoms with Crippen LogP contribution >= 0.6 is 11.6 Å². The number of esters is 1. The van der Waals surface area contributed by atoms with Crippen molar-refractivity contribution in [1.82, 2.24) is 4.90 Å². The number of ether oxygens (including phenoxy) is 2. The number of anilines is 1. The first-order valence-corrected chi connectivity index (χ1v) is 14.2. The Bertz CT molecular complexity index is 1370. The van der Waals surface area contributed by atoms with E-state index in [4.69, 9.17) is 21.1 Å². The van der Waals surface area contributed by atoms with Gasteiger partial charge in [0.05, 0.1) is 34.9 Å². The van der Waals surface area contributed by atoms with Gasteiger partial charge in [-0.05, 0) is 37.0 Å². The van der Waals surface area contributed by atoms with Gasteiger partial charge in [0.1, 0.15) is 24.2 Å². The lowest BCUT2D eigenvalue weighted by atomic mass is 9.62. The highest BCUT2D eigenvalue weighted by Crippen LogP contribution is 2.66. The number of aliphatic hydroxyl groups is 1. The molecule has 3 saturated heterocycles. The van der Waals surface area contributed by atoms with E-state index in [1.165, 1.54) is 15.9 Å². The highest BCUT2D eigenvalue weighted by atomic mass is 35.5. The van der Waals surface area contributed by atoms with Crippen molar-refractivity contribution in [3.8, 4) is 0 Å². The number of carbonyl (C=O) groups is 3. The van der Waals surface area contributed by atoms with E-state index in [2.05, 4.69) is 13.2 Å². The SMILES string of the molecule is C=CCOC(=O)[C@H]1[C@H]2C(=O)N([C@H](CO)c3ccccc3)C(C(=O)N(CC=C)c3ccccc3Cl)C23CC(C)[C@]1(C)O3. The van der Waals surface area contributed by atoms with Crippen molar-refractivity contribution < 1.29 is 29.0 Å². The Morgan fingerprint density at radius 3 is 2.51 bits per heavy atom. The molecular weight excluding hydrogens is 544 g/mol. The van der Waals surface area contributed by atoms with Crippen LogP contribution < -0.4 is 4.90 Å². The predicted octanol–water partition coefficient (Wildman–Crippen LogP) is 4.33. The van der Waals surface area contributed by atoms with Crippen LogP contribution in [0.15, 0.2) is 79.9 Å². The fraction of sp³-hybridized carbons (Fsp3) is 0.406. The Morgan fingerprint density at radius 1 is 1.20 bits per heavy atom. The average molecular weight is 579 g/mol. The molecule has 0 aromatic heterocycles. The normalized spacial score (nSPS) is 30.5. The fourth-order valence-electron chi connectivity index (χ4n) is 7.16. The molecule has 2 aromatic carbocycles. The molecule has 3 aliphatic heterocycles. The second kappa shape index (κ2) is 11.1. The molecule has 2 bridgehead atoms. The maximum Gasteiger partial charge on any atom is 0.313 e. The van der Waals surface area contributed by atoms with E-state index in [0.717, 1.165) is 0 Å². The summed E-state index contributed by atoms with van der Waals surface area (Å²) in [6, 6.07) is 14.0. The molecule has 2 amide bonds. The molecule has 3 fully saturated rings. The molecule has 8 nitrogen and oxygen atoms in total. The van der Waals surface area contributed by atoms with E-state index in [1.807, 2.05) is 32.0 Å². The van der Waals surface area contributed by atoms with Crippen molar-refractivity contribution in [2.75, 3.05) is 24.7 Å². The van der Waals surface area contributed by atoms with Gasteiger partial charge in [0.15, 0.2) is 0 Å². The number of amides is 2. The van der Waals surface area contributed by atoms with E-state index in [9.17, 15) is 19.5 Å². The largest absolute Gasteiger partial charge is 0.461 e. The highest BCUT2D eigenvalue weighted by Gasteiger charge is 2.81. The van der Waals surface area contributed by atoms with Gasteiger partial charge in [0, 0.05) is 6.54 Å². The molecule has 7 atom stereocenters. The van der Waals surface area contributed by atoms with Gasteiger partial charge in [-0.3, -0.25) is 14.4 Å². The topological polar surface area (TPSA) is 96.4 Å². The van der Waals surface area contributed by atoms with Crippen LogP contribution in [0.1, 0.15) is 31.9 Å². The number of halogens is 1. The van der Waals surface area contributed by atoms with Crippen LogP contribution in [-0.4, -0.2) is 64.8 Å². The molecule has 9 heteroatoms. The number of para-hydroxylation sites is 1. The summed E-state index contributed by atoms with van der Waals surface area (Å²) in [7, 11) is 0. The maximum atomic E-state index is 14.8. The first-order chi connectivity index (χ1) is 19.7. The van der Waals surface area contributed by atoms with Crippen LogP contribution in [0.5, 0.6) is 0 Å². The van der Waals surface area contributed by atoms with E-state index in [1.54, 1.807) is 42.5 Å². The molecule has 3 aliphatic rings. The third kappa shape index (κ3) is 4.40. The van der Waals surface area contributed by atoms with Crippen LogP contribution in [0.25, 0.3) is 0 Å². The van der Waals surface area contributed by atoms with E-state index < -0.39 is 59.5 Å². The van der Waals surface area contributed by atoms with E-state index in [-0.39, 0.29) is 19.1 Å². The summed E-state index contributed by atoms with van der Waals surface area (Å²) in [5.74, 6) is -3.52. The number of hydrogen-bond donors (Lipinski definition) is 1. The van der Waals surface area contributed by atoms with Crippen LogP contribution in [0.2, 0.25) is 5.02 Å². The van der Waals surface area contributed by atoms with Crippen molar-refractivity contribution in [1.29, 1.82) is 0 Å². The summed E-state index contributed by atoms with van der Waals surface area (Å²) < 4.78 is 12.3. The van der Waals surface area contributed by atoms with Gasteiger partial charge in [-0.2, -0.15) is 0 Å². The number of benzene rings is 2. The minimum absolute atomic E-state index is 0.0112. The number of nitrogens with zero attached hydrogens (tertiary/aromatic N) is 2. The summed E-state index contributed by atoms with van der Waals surface area (Å²) in [5.41, 5.74) is -1.24. The number of fused-ring (bicyclic) bond motifs is 1. The Labute approximate surface area is 245 Å². The molecule has 0 saturated carbocycles. The van der Waals surface area contributed by atoms with Crippen LogP contribution in [0.3, 0.4) is 0 Å². The second-order valence-corrected chi connectivity index (χ2v) is 11.6. The number of rotatable bonds is 10. The fourth-order valence-corrected chi connectivity index (χ4v) is 7.40. The van der Waals surface area contributed by atoms with Crippen LogP contribution in [-0.2, 0) is 23.9 Å². The van der Waals surface area contributed by atoms with Crippen molar-refractivity contribution >= 4 is 35.1 Å². The molecule has 41 heavy (non-hydrogen) atoms. The smallest absolute Gasteiger partial charge is 0.313 e. The van der Waals surface area contributed by atoms with Crippen LogP contribution in [0.4, 0.5) is 5.69 Å². The lowest BCUT2D eigenvalue weighted by molar-refractivity contribution is -0.161. The molecular formula is C32H35ClN2O6. The third-order valence-corrected chi connectivity index (χ3v) is 9.32. The standard InChI is InChI=1S/C32H35ClN2O6/c1-5-16-34(23-15-11-10-14-22(23)33)29(38)27-32-18-20(3)31(4,41-32)26(30(39)40-17-6-2)25(32)28(37)35(27)24(19-36)21-12-8-7-9-13-21/h5-15,20,24-27,36H,1-2,16-19H2,3-4H3/t20?,24-,25+,26-,27?,31+,32?/m1/s1. The summed E-state index contributed by atoms with van der Waals surface area (Å²) in [6.07, 6.45) is 3.43. The van der Waals surface area contributed by atoms with Crippen molar-refractivity contribution in [2.45, 2.75) is 43.6 Å². The Morgan fingerprint density at radius 2 is 1.88 bits per heavy atom. The molecule has 2 aromatic rings. The van der Waals surface area contributed by atoms with Gasteiger partial charge < -0.3 is 24.4 Å². The average Bonchev–Trinajstić information content (AvgIpc) is 3.48. The quantitative estimate of drug-likeness (QED) is 0.333. The summed E-state index contributed by atoms with van der Waals surface area (Å²) in [6.45, 7) is 10.9. The first-order valence-electron chi connectivity index (χ1n) is 13.8. The van der Waals surface area contributed by atoms with Crippen molar-refractivity contribution in [3.63, 3.8) is 0 Å². The van der Waals surface area contributed by atoms with Gasteiger partial charge >= 0.3 is 5.97 Å². The molecule has 0 aliphatic carbocycles. The zero-order chi connectivity index (χ0) is 29.5. The molecule has 0 radical (unpaired) electrons. The minimum Gasteiger partial charge on any atom is -0.461 e. The first kappa shape index (κ1) is 29.0. The Hall–Kier alpha value is -3.46. The lowest BCUT2D eigenvalue weighted by Crippen LogP contribution is -2.57. The lowest BCUT2D eigenvalue weighted by Gasteiger charge is -2.39. The van der Waals surface area contributed by atoms with Crippen LogP contribution in [0, 0.1) is 17.8 Å². The number of aliphatic hydroxyl groups excluding tert-OH is 1. The molecule has 1 N–H and O–H groups in total. The Kier molecular flexibility index (Phi) is 7.85. The summed E-state index contributed by atoms with van der Waals surface area (Å²) in [5, 5.41) is 11.0. The monoisotopic (exact) mass is 578 g/mol. The zero-order valence-corrected chi connectivity index (χ0v) is 24.0. The van der Waals surface area contributed by atoms with Gasteiger partial charge in [0.25, 0.3) is 5.91 Å². The zero-order valence-electron chi connectivity index (χ0n) is 23.2. The van der Waals surface area contributed by atoms with E-state index in [0.29, 0.717) is 22.7 Å².